The quantitative estimate of drug-likeness (QED) is 0.205. The second-order valence-corrected chi connectivity index (χ2v) is 11.7. The van der Waals surface area contributed by atoms with Crippen LogP contribution in [0.5, 0.6) is 0 Å². The minimum absolute atomic E-state index is 0.316. The van der Waals surface area contributed by atoms with Gasteiger partial charge in [0, 0.05) is 0 Å². The van der Waals surface area contributed by atoms with Gasteiger partial charge in [-0.2, -0.15) is 0 Å². The van der Waals surface area contributed by atoms with Crippen LogP contribution in [-0.2, 0) is 0 Å². The summed E-state index contributed by atoms with van der Waals surface area (Å²) in [7, 11) is 0. The second kappa shape index (κ2) is 8.47. The van der Waals surface area contributed by atoms with E-state index in [1.807, 2.05) is 24.3 Å². The van der Waals surface area contributed by atoms with Gasteiger partial charge < -0.3 is 0 Å². The van der Waals surface area contributed by atoms with Gasteiger partial charge in [0.2, 0.25) is 0 Å². The Kier molecular flexibility index (Phi) is 4.98. The summed E-state index contributed by atoms with van der Waals surface area (Å²) >= 11 is -0.316. The van der Waals surface area contributed by atoms with Crippen molar-refractivity contribution in [1.29, 1.82) is 0 Å². The Morgan fingerprint density at radius 1 is 0.457 bits per heavy atom. The molecule has 0 spiro atoms. The van der Waals surface area contributed by atoms with E-state index in [2.05, 4.69) is 97.1 Å². The molecule has 0 saturated carbocycles. The van der Waals surface area contributed by atoms with Crippen LogP contribution in [0.25, 0.3) is 62.3 Å². The van der Waals surface area contributed by atoms with Gasteiger partial charge in [0.1, 0.15) is 0 Å². The standard InChI is InChI=1S/C32H20N2Te/c1-3-10-21(11-4-1)30-26-16-9-15-24(31(26)34-32(33-30)22-12-5-2-6-13-22)23-18-19-29-27(20-23)25-14-7-8-17-28(25)35-29/h1-20H. The van der Waals surface area contributed by atoms with Crippen LogP contribution in [0.2, 0.25) is 0 Å². The molecule has 0 fully saturated rings. The number of nitrogens with zero attached hydrogens (tertiary/aromatic N) is 2. The van der Waals surface area contributed by atoms with E-state index in [0.717, 1.165) is 39.1 Å². The summed E-state index contributed by atoms with van der Waals surface area (Å²) in [6, 6.07) is 43.0. The predicted octanol–water partition coefficient (Wildman–Crippen LogP) is 7.99. The van der Waals surface area contributed by atoms with Gasteiger partial charge in [-0.05, 0) is 0 Å². The third kappa shape index (κ3) is 3.56. The molecule has 0 aliphatic heterocycles. The van der Waals surface area contributed by atoms with E-state index in [-0.39, 0.29) is 20.4 Å². The molecule has 0 aliphatic carbocycles. The number of hydrogen-bond acceptors (Lipinski definition) is 2. The Labute approximate surface area is 213 Å². The maximum atomic E-state index is 5.14. The van der Waals surface area contributed by atoms with Crippen LogP contribution in [0.15, 0.2) is 121 Å². The molecule has 2 nitrogen and oxygen atoms in total. The summed E-state index contributed by atoms with van der Waals surface area (Å²) in [4.78, 5) is 10.2. The van der Waals surface area contributed by atoms with Crippen molar-refractivity contribution in [2.45, 2.75) is 0 Å². The molecule has 2 aromatic heterocycles. The minimum atomic E-state index is -0.316. The first-order chi connectivity index (χ1) is 17.3. The SMILES string of the molecule is c1ccc(-c2nc(-c3ccccc3)c3cccc(-c4ccc5[te]c6ccccc6c5c4)c3n2)cc1. The number of rotatable bonds is 3. The normalized spacial score (nSPS) is 11.4. The Balaban J connectivity index is 1.53. The van der Waals surface area contributed by atoms with Crippen molar-refractivity contribution in [3.8, 4) is 33.8 Å². The Hall–Kier alpha value is -3.77. The number of benzene rings is 5. The molecule has 7 rings (SSSR count). The molecule has 0 bridgehead atoms. The summed E-state index contributed by atoms with van der Waals surface area (Å²) in [6.45, 7) is 0. The third-order valence-electron chi connectivity index (χ3n) is 6.49. The number of aromatic nitrogens is 2. The molecule has 164 valence electrons. The molecule has 0 N–H and O–H groups in total. The monoisotopic (exact) mass is 562 g/mol. The van der Waals surface area contributed by atoms with E-state index in [9.17, 15) is 0 Å². The van der Waals surface area contributed by atoms with Crippen LogP contribution >= 0.6 is 0 Å². The number of fused-ring (bicyclic) bond motifs is 4. The number of para-hydroxylation sites is 1. The zero-order chi connectivity index (χ0) is 23.2. The van der Waals surface area contributed by atoms with Gasteiger partial charge in [-0.3, -0.25) is 0 Å². The molecule has 0 atom stereocenters. The summed E-state index contributed by atoms with van der Waals surface area (Å²) in [5, 5.41) is 3.86. The van der Waals surface area contributed by atoms with Crippen molar-refractivity contribution < 1.29 is 0 Å². The van der Waals surface area contributed by atoms with E-state index in [1.165, 1.54) is 23.1 Å². The van der Waals surface area contributed by atoms with Crippen molar-refractivity contribution in [1.82, 2.24) is 9.97 Å². The van der Waals surface area contributed by atoms with Crippen LogP contribution in [-0.4, -0.2) is 30.4 Å². The molecule has 5 aromatic carbocycles. The van der Waals surface area contributed by atoms with E-state index in [4.69, 9.17) is 9.97 Å². The Morgan fingerprint density at radius 3 is 1.97 bits per heavy atom. The molecule has 0 unspecified atom stereocenters. The molecule has 0 amide bonds. The van der Waals surface area contributed by atoms with E-state index < -0.39 is 0 Å². The Morgan fingerprint density at radius 2 is 1.14 bits per heavy atom. The summed E-state index contributed by atoms with van der Waals surface area (Å²) in [5.74, 6) is 0.753. The second-order valence-electron chi connectivity index (χ2n) is 8.64. The Bertz CT molecular complexity index is 1840. The van der Waals surface area contributed by atoms with Crippen LogP contribution < -0.4 is 0 Å². The van der Waals surface area contributed by atoms with Gasteiger partial charge >= 0.3 is 214 Å². The average Bonchev–Trinajstić information content (AvgIpc) is 3.31. The first kappa shape index (κ1) is 20.6. The molecule has 0 radical (unpaired) electrons. The van der Waals surface area contributed by atoms with Crippen molar-refractivity contribution in [2.24, 2.45) is 0 Å². The van der Waals surface area contributed by atoms with Gasteiger partial charge in [-0.25, -0.2) is 0 Å². The average molecular weight is 560 g/mol. The van der Waals surface area contributed by atoms with Gasteiger partial charge in [0.05, 0.1) is 0 Å². The predicted molar refractivity (Wildman–Crippen MR) is 148 cm³/mol. The molecular formula is C32H20N2Te. The fourth-order valence-electron chi connectivity index (χ4n) is 4.81. The molecule has 7 aromatic rings. The first-order valence-corrected chi connectivity index (χ1v) is 14.0. The van der Waals surface area contributed by atoms with Crippen molar-refractivity contribution in [2.75, 3.05) is 0 Å². The van der Waals surface area contributed by atoms with Crippen molar-refractivity contribution in [3.05, 3.63) is 121 Å². The van der Waals surface area contributed by atoms with Crippen LogP contribution in [0, 0.1) is 0 Å². The topological polar surface area (TPSA) is 25.8 Å². The fourth-order valence-corrected chi connectivity index (χ4v) is 7.91. The molecule has 0 saturated heterocycles. The van der Waals surface area contributed by atoms with Crippen molar-refractivity contribution >= 4 is 48.9 Å². The number of hydrogen-bond donors (Lipinski definition) is 0. The van der Waals surface area contributed by atoms with E-state index in [0.29, 0.717) is 0 Å². The third-order valence-corrected chi connectivity index (χ3v) is 9.78. The van der Waals surface area contributed by atoms with Crippen LogP contribution in [0.1, 0.15) is 0 Å². The van der Waals surface area contributed by atoms with Gasteiger partial charge in [-0.1, -0.05) is 0 Å². The zero-order valence-electron chi connectivity index (χ0n) is 18.8. The molecule has 35 heavy (non-hydrogen) atoms. The van der Waals surface area contributed by atoms with Crippen LogP contribution in [0.4, 0.5) is 0 Å². The molecular weight excluding hydrogens is 540 g/mol. The van der Waals surface area contributed by atoms with Crippen molar-refractivity contribution in [3.63, 3.8) is 0 Å². The summed E-state index contributed by atoms with van der Waals surface area (Å²) in [6.07, 6.45) is 0. The maximum absolute atomic E-state index is 5.14. The van der Waals surface area contributed by atoms with Gasteiger partial charge in [-0.15, -0.1) is 0 Å². The van der Waals surface area contributed by atoms with E-state index in [1.54, 1.807) is 0 Å². The van der Waals surface area contributed by atoms with Crippen LogP contribution in [0.3, 0.4) is 0 Å². The van der Waals surface area contributed by atoms with Gasteiger partial charge in [0.15, 0.2) is 0 Å². The first-order valence-electron chi connectivity index (χ1n) is 11.7. The van der Waals surface area contributed by atoms with Gasteiger partial charge in [0.25, 0.3) is 0 Å². The summed E-state index contributed by atoms with van der Waals surface area (Å²) in [5.41, 5.74) is 6.43. The molecule has 3 heteroatoms. The molecule has 0 aliphatic rings. The fraction of sp³-hybridized carbons (Fsp3) is 0. The zero-order valence-corrected chi connectivity index (χ0v) is 21.2. The molecule has 2 heterocycles. The summed E-state index contributed by atoms with van der Waals surface area (Å²) < 4.78 is 3.05. The van der Waals surface area contributed by atoms with E-state index >= 15 is 0 Å².